The molecule has 0 amide bonds. The van der Waals surface area contributed by atoms with Crippen LogP contribution in [-0.2, 0) is 0 Å². The zero-order chi connectivity index (χ0) is 45.2. The lowest BCUT2D eigenvalue weighted by molar-refractivity contribution is 0.477. The summed E-state index contributed by atoms with van der Waals surface area (Å²) >= 11 is 0. The number of hydrogen-bond donors (Lipinski definition) is 0. The first-order valence-electron chi connectivity index (χ1n) is 23.2. The Kier molecular flexibility index (Phi) is 10.6. The van der Waals surface area contributed by atoms with Crippen molar-refractivity contribution in [2.24, 2.45) is 0 Å². The van der Waals surface area contributed by atoms with Crippen molar-refractivity contribution in [1.82, 2.24) is 0 Å². The number of hydrogen-bond acceptors (Lipinski definition) is 2. The summed E-state index contributed by atoms with van der Waals surface area (Å²) in [5.41, 5.74) is 21.5. The Morgan fingerprint density at radius 1 is 0.206 bits per heavy atom. The number of rotatable bonds is 9. The van der Waals surface area contributed by atoms with E-state index >= 15 is 0 Å². The molecule has 0 atom stereocenters. The molecule has 0 aliphatic carbocycles. The predicted octanol–water partition coefficient (Wildman–Crippen LogP) is 18.6. The largest absolute Gasteiger partial charge is 0.453 e. The van der Waals surface area contributed by atoms with E-state index in [0.717, 1.165) is 73.1 Å². The molecule has 0 saturated carbocycles. The van der Waals surface area contributed by atoms with Crippen LogP contribution >= 0.6 is 0 Å². The first-order chi connectivity index (χ1) is 33.7. The second-order valence-electron chi connectivity index (χ2n) is 17.3. The van der Waals surface area contributed by atoms with Gasteiger partial charge in [-0.3, -0.25) is 0 Å². The molecule has 1 aliphatic heterocycles. The van der Waals surface area contributed by atoms with E-state index in [-0.39, 0.29) is 0 Å². The highest BCUT2D eigenvalue weighted by molar-refractivity contribution is 6.02. The summed E-state index contributed by atoms with van der Waals surface area (Å²) in [6.07, 6.45) is 0. The van der Waals surface area contributed by atoms with E-state index in [0.29, 0.717) is 0 Å². The Morgan fingerprint density at radius 3 is 0.765 bits per heavy atom. The number of benzene rings is 11. The average Bonchev–Trinajstić information content (AvgIpc) is 3.43. The zero-order valence-corrected chi connectivity index (χ0v) is 37.3. The highest BCUT2D eigenvalue weighted by Gasteiger charge is 2.31. The maximum absolute atomic E-state index is 6.94. The van der Waals surface area contributed by atoms with Crippen LogP contribution in [0.2, 0.25) is 0 Å². The molecule has 2 heteroatoms. The van der Waals surface area contributed by atoms with Gasteiger partial charge in [-0.2, -0.15) is 0 Å². The molecule has 2 nitrogen and oxygen atoms in total. The molecule has 0 aromatic heterocycles. The van der Waals surface area contributed by atoms with Gasteiger partial charge in [-0.1, -0.05) is 249 Å². The summed E-state index contributed by atoms with van der Waals surface area (Å²) < 4.78 is 6.94. The van der Waals surface area contributed by atoms with Crippen LogP contribution in [-0.4, -0.2) is 0 Å². The minimum absolute atomic E-state index is 0.793. The topological polar surface area (TPSA) is 12.5 Å². The first kappa shape index (κ1) is 40.5. The van der Waals surface area contributed by atoms with Gasteiger partial charge >= 0.3 is 0 Å². The number of para-hydroxylation sites is 1. The van der Waals surface area contributed by atoms with Gasteiger partial charge in [0.25, 0.3) is 0 Å². The van der Waals surface area contributed by atoms with Gasteiger partial charge in [0.05, 0.1) is 17.1 Å². The van der Waals surface area contributed by atoms with Crippen molar-refractivity contribution in [2.45, 2.75) is 0 Å². The Hall–Kier alpha value is -8.98. The third-order valence-electron chi connectivity index (χ3n) is 13.1. The second-order valence-corrected chi connectivity index (χ2v) is 17.3. The molecule has 11 aromatic rings. The molecule has 12 rings (SSSR count). The van der Waals surface area contributed by atoms with Gasteiger partial charge in [0.1, 0.15) is 0 Å². The van der Waals surface area contributed by atoms with Crippen molar-refractivity contribution in [3.05, 3.63) is 273 Å². The summed E-state index contributed by atoms with van der Waals surface area (Å²) in [7, 11) is 0. The molecule has 0 bridgehead atoms. The van der Waals surface area contributed by atoms with E-state index in [1.807, 2.05) is 0 Å². The SMILES string of the molecule is c1ccc(-c2ccc(-c3ccc4c(c3)N(c3c(-c5ccc(-c6ccccc6)cc5)cccc3-c3ccc(-c5ccccc5)cc3)c3cc(-c5ccc(-c6ccccc6)cc5)ccc3O4)cc2)cc1. The Bertz CT molecular complexity index is 3280. The molecule has 1 aliphatic rings. The van der Waals surface area contributed by atoms with E-state index < -0.39 is 0 Å². The van der Waals surface area contributed by atoms with Crippen molar-refractivity contribution < 1.29 is 4.74 Å². The normalized spacial score (nSPS) is 11.6. The third kappa shape index (κ3) is 7.85. The summed E-state index contributed by atoms with van der Waals surface area (Å²) in [4.78, 5) is 2.46. The first-order valence-corrected chi connectivity index (χ1v) is 23.2. The van der Waals surface area contributed by atoms with E-state index in [1.165, 1.54) is 44.5 Å². The van der Waals surface area contributed by atoms with E-state index in [4.69, 9.17) is 4.74 Å². The van der Waals surface area contributed by atoms with Crippen LogP contribution in [0.5, 0.6) is 11.5 Å². The Balaban J connectivity index is 1.06. The Labute approximate surface area is 398 Å². The van der Waals surface area contributed by atoms with Gasteiger partial charge in [0, 0.05) is 11.1 Å². The maximum atomic E-state index is 6.94. The quantitative estimate of drug-likeness (QED) is 0.143. The lowest BCUT2D eigenvalue weighted by Gasteiger charge is -2.36. The molecule has 0 unspecified atom stereocenters. The van der Waals surface area contributed by atoms with Crippen molar-refractivity contribution in [1.29, 1.82) is 0 Å². The number of nitrogens with zero attached hydrogens (tertiary/aromatic N) is 1. The fraction of sp³-hybridized carbons (Fsp3) is 0. The van der Waals surface area contributed by atoms with Crippen LogP contribution in [0.25, 0.3) is 89.0 Å². The fourth-order valence-corrected chi connectivity index (χ4v) is 9.57. The van der Waals surface area contributed by atoms with Crippen molar-refractivity contribution in [3.63, 3.8) is 0 Å². The van der Waals surface area contributed by atoms with Crippen LogP contribution in [0.3, 0.4) is 0 Å². The van der Waals surface area contributed by atoms with Crippen LogP contribution in [0.4, 0.5) is 17.1 Å². The lowest BCUT2D eigenvalue weighted by atomic mass is 9.91. The van der Waals surface area contributed by atoms with Crippen LogP contribution in [0, 0.1) is 0 Å². The lowest BCUT2D eigenvalue weighted by Crippen LogP contribution is -2.18. The number of ether oxygens (including phenoxy) is 1. The molecule has 0 spiro atoms. The van der Waals surface area contributed by atoms with Crippen molar-refractivity contribution in [3.8, 4) is 101 Å². The number of fused-ring (bicyclic) bond motifs is 2. The molecule has 320 valence electrons. The molecular formula is C66H45NO. The smallest absolute Gasteiger partial charge is 0.151 e. The van der Waals surface area contributed by atoms with Crippen molar-refractivity contribution >= 4 is 17.1 Å². The Morgan fingerprint density at radius 2 is 0.456 bits per heavy atom. The summed E-state index contributed by atoms with van der Waals surface area (Å²) in [5, 5.41) is 0. The van der Waals surface area contributed by atoms with Gasteiger partial charge in [0.15, 0.2) is 11.5 Å². The molecule has 0 radical (unpaired) electrons. The highest BCUT2D eigenvalue weighted by Crippen LogP contribution is 2.56. The van der Waals surface area contributed by atoms with Crippen LogP contribution < -0.4 is 9.64 Å². The zero-order valence-electron chi connectivity index (χ0n) is 37.3. The average molecular weight is 868 g/mol. The second kappa shape index (κ2) is 17.8. The van der Waals surface area contributed by atoms with Crippen LogP contribution in [0.1, 0.15) is 0 Å². The maximum Gasteiger partial charge on any atom is 0.151 e. The van der Waals surface area contributed by atoms with Gasteiger partial charge in [0.2, 0.25) is 0 Å². The minimum Gasteiger partial charge on any atom is -0.453 e. The van der Waals surface area contributed by atoms with E-state index in [1.54, 1.807) is 0 Å². The standard InChI is InChI=1S/C66H45NO/c1-5-14-46(15-6-1)50-24-28-54(29-25-50)58-40-42-64-62(44-58)67(63-45-59(41-43-65(63)68-64)55-30-26-51(27-31-55)47-16-7-2-8-17-47)66-60(56-36-32-52(33-37-56)48-18-9-3-10-19-48)22-13-23-61(66)57-38-34-53(35-39-57)49-20-11-4-12-21-49/h1-45H. The molecule has 0 N–H and O–H groups in total. The molecule has 1 heterocycles. The molecule has 11 aromatic carbocycles. The highest BCUT2D eigenvalue weighted by atomic mass is 16.5. The minimum atomic E-state index is 0.793. The number of anilines is 3. The van der Waals surface area contributed by atoms with E-state index in [9.17, 15) is 0 Å². The van der Waals surface area contributed by atoms with E-state index in [2.05, 4.69) is 278 Å². The molecule has 0 fully saturated rings. The van der Waals surface area contributed by atoms with Gasteiger partial charge < -0.3 is 9.64 Å². The monoisotopic (exact) mass is 867 g/mol. The third-order valence-corrected chi connectivity index (χ3v) is 13.1. The van der Waals surface area contributed by atoms with Crippen LogP contribution in [0.15, 0.2) is 273 Å². The van der Waals surface area contributed by atoms with Gasteiger partial charge in [-0.25, -0.2) is 0 Å². The van der Waals surface area contributed by atoms with Gasteiger partial charge in [-0.05, 0) is 102 Å². The van der Waals surface area contributed by atoms with Crippen molar-refractivity contribution in [2.75, 3.05) is 4.90 Å². The summed E-state index contributed by atoms with van der Waals surface area (Å²) in [6, 6.07) is 98.1. The summed E-state index contributed by atoms with van der Waals surface area (Å²) in [6.45, 7) is 0. The van der Waals surface area contributed by atoms with Gasteiger partial charge in [-0.15, -0.1) is 0 Å². The predicted molar refractivity (Wildman–Crippen MR) is 285 cm³/mol. The summed E-state index contributed by atoms with van der Waals surface area (Å²) in [5.74, 6) is 1.59. The molecular weight excluding hydrogens is 823 g/mol. The molecule has 0 saturated heterocycles. The molecule has 68 heavy (non-hydrogen) atoms. The fourth-order valence-electron chi connectivity index (χ4n) is 9.57.